The van der Waals surface area contributed by atoms with Gasteiger partial charge in [0.1, 0.15) is 0 Å². The van der Waals surface area contributed by atoms with E-state index in [1.165, 1.54) is 13.3 Å². The van der Waals surface area contributed by atoms with Gasteiger partial charge in [0.15, 0.2) is 0 Å². The Bertz CT molecular complexity index is 900. The van der Waals surface area contributed by atoms with Crippen LogP contribution in [-0.4, -0.2) is 32.0 Å². The third-order valence-electron chi connectivity index (χ3n) is 3.21. The van der Waals surface area contributed by atoms with Gasteiger partial charge in [-0.2, -0.15) is 19.6 Å². The predicted molar refractivity (Wildman–Crippen MR) is 82.7 cm³/mol. The van der Waals surface area contributed by atoms with Crippen molar-refractivity contribution < 1.29 is 13.7 Å². The summed E-state index contributed by atoms with van der Waals surface area (Å²) in [4.78, 5) is 15.9. The van der Waals surface area contributed by atoms with E-state index < -0.39 is 11.9 Å². The molecule has 0 aliphatic carbocycles. The molecule has 122 valence electrons. The lowest BCUT2D eigenvalue weighted by Gasteiger charge is -1.93. The molecule has 0 aliphatic heterocycles. The van der Waals surface area contributed by atoms with E-state index in [2.05, 4.69) is 25.8 Å². The maximum Gasteiger partial charge on any atom is 0.329 e. The number of carbonyl (C=O) groups excluding carboxylic acids is 1. The van der Waals surface area contributed by atoms with E-state index in [9.17, 15) is 9.18 Å². The Balaban J connectivity index is 1.70. The van der Waals surface area contributed by atoms with E-state index >= 15 is 0 Å². The zero-order valence-corrected chi connectivity index (χ0v) is 12.9. The smallest absolute Gasteiger partial charge is 0.328 e. The van der Waals surface area contributed by atoms with E-state index in [1.54, 1.807) is 19.1 Å². The molecule has 0 atom stereocenters. The van der Waals surface area contributed by atoms with Crippen molar-refractivity contribution in [3.05, 3.63) is 53.4 Å². The van der Waals surface area contributed by atoms with Crippen LogP contribution in [0.2, 0.25) is 0 Å². The molecule has 9 heteroatoms. The summed E-state index contributed by atoms with van der Waals surface area (Å²) in [6, 6.07) is 9.07. The topological polar surface area (TPSA) is 98.2 Å². The summed E-state index contributed by atoms with van der Waals surface area (Å²) in [7, 11) is 1.47. The van der Waals surface area contributed by atoms with Crippen LogP contribution in [0.3, 0.4) is 0 Å². The van der Waals surface area contributed by atoms with Crippen LogP contribution in [-0.2, 0) is 7.05 Å². The number of halogens is 1. The lowest BCUT2D eigenvalue weighted by atomic mass is 10.2. The second-order valence-corrected chi connectivity index (χ2v) is 4.90. The number of aryl methyl sites for hydroxylation is 2. The van der Waals surface area contributed by atoms with Gasteiger partial charge in [-0.1, -0.05) is 35.5 Å². The standard InChI is InChI=1S/C15H13FN6O2/c1-9-11(12(16)22(2)20-9)8-17-19-14(23)15-18-13(21-24-15)10-6-4-3-5-7-10/h3-8H,1-2H3,(H,19,23)/b17-8+. The van der Waals surface area contributed by atoms with Crippen LogP contribution in [0.15, 0.2) is 40.0 Å². The molecule has 24 heavy (non-hydrogen) atoms. The number of hydrazone groups is 1. The Hall–Kier alpha value is -3.36. The van der Waals surface area contributed by atoms with Crippen molar-refractivity contribution in [1.82, 2.24) is 25.3 Å². The number of benzene rings is 1. The number of aromatic nitrogens is 4. The second-order valence-electron chi connectivity index (χ2n) is 4.90. The maximum atomic E-state index is 13.7. The molecule has 3 aromatic rings. The zero-order valence-electron chi connectivity index (χ0n) is 12.9. The molecule has 0 radical (unpaired) electrons. The highest BCUT2D eigenvalue weighted by Crippen LogP contribution is 2.14. The number of amides is 1. The molecule has 8 nitrogen and oxygen atoms in total. The first-order valence-corrected chi connectivity index (χ1v) is 6.98. The summed E-state index contributed by atoms with van der Waals surface area (Å²) >= 11 is 0. The third kappa shape index (κ3) is 3.05. The van der Waals surface area contributed by atoms with Gasteiger partial charge in [-0.3, -0.25) is 4.79 Å². The number of carbonyl (C=O) groups is 1. The largest absolute Gasteiger partial charge is 0.329 e. The molecule has 1 N–H and O–H groups in total. The van der Waals surface area contributed by atoms with Gasteiger partial charge in [-0.25, -0.2) is 10.1 Å². The molecule has 2 aromatic heterocycles. The molecule has 0 fully saturated rings. The van der Waals surface area contributed by atoms with Gasteiger partial charge < -0.3 is 4.52 Å². The Morgan fingerprint density at radius 3 is 2.79 bits per heavy atom. The van der Waals surface area contributed by atoms with Crippen LogP contribution in [0.1, 0.15) is 21.9 Å². The molecule has 2 heterocycles. The normalized spacial score (nSPS) is 11.1. The first-order chi connectivity index (χ1) is 11.6. The number of rotatable bonds is 4. The van der Waals surface area contributed by atoms with Crippen molar-refractivity contribution in [3.8, 4) is 11.4 Å². The highest BCUT2D eigenvalue weighted by atomic mass is 19.1. The minimum Gasteiger partial charge on any atom is -0.328 e. The lowest BCUT2D eigenvalue weighted by molar-refractivity contribution is 0.0911. The third-order valence-corrected chi connectivity index (χ3v) is 3.21. The summed E-state index contributed by atoms with van der Waals surface area (Å²) in [5.74, 6) is -1.19. The zero-order chi connectivity index (χ0) is 17.1. The minimum atomic E-state index is -0.692. The van der Waals surface area contributed by atoms with Crippen molar-refractivity contribution in [2.75, 3.05) is 0 Å². The SMILES string of the molecule is Cc1nn(C)c(F)c1/C=N/NC(=O)c1nc(-c2ccccc2)no1. The molecule has 0 saturated carbocycles. The van der Waals surface area contributed by atoms with Gasteiger partial charge in [0.2, 0.25) is 11.8 Å². The van der Waals surface area contributed by atoms with E-state index in [1.807, 2.05) is 18.2 Å². The molecular formula is C15H13FN6O2. The average Bonchev–Trinajstić information content (AvgIpc) is 3.16. The van der Waals surface area contributed by atoms with Gasteiger partial charge in [0.25, 0.3) is 0 Å². The summed E-state index contributed by atoms with van der Waals surface area (Å²) in [5.41, 5.74) is 3.57. The molecule has 1 amide bonds. The average molecular weight is 328 g/mol. The van der Waals surface area contributed by atoms with Gasteiger partial charge in [0, 0.05) is 12.6 Å². The molecule has 3 rings (SSSR count). The van der Waals surface area contributed by atoms with E-state index in [0.717, 1.165) is 10.2 Å². The van der Waals surface area contributed by atoms with E-state index in [0.29, 0.717) is 11.5 Å². The van der Waals surface area contributed by atoms with Crippen LogP contribution >= 0.6 is 0 Å². The van der Waals surface area contributed by atoms with Crippen LogP contribution in [0.5, 0.6) is 0 Å². The fourth-order valence-electron chi connectivity index (χ4n) is 2.02. The van der Waals surface area contributed by atoms with Crippen molar-refractivity contribution in [2.24, 2.45) is 12.1 Å². The van der Waals surface area contributed by atoms with Crippen LogP contribution in [0.4, 0.5) is 4.39 Å². The van der Waals surface area contributed by atoms with Gasteiger partial charge in [-0.15, -0.1) is 0 Å². The van der Waals surface area contributed by atoms with E-state index in [-0.39, 0.29) is 11.5 Å². The molecule has 0 spiro atoms. The quantitative estimate of drug-likeness (QED) is 0.580. The first-order valence-electron chi connectivity index (χ1n) is 6.98. The Morgan fingerprint density at radius 1 is 1.38 bits per heavy atom. The monoisotopic (exact) mass is 328 g/mol. The summed E-state index contributed by atoms with van der Waals surface area (Å²) < 4.78 is 19.7. The van der Waals surface area contributed by atoms with Crippen LogP contribution in [0, 0.1) is 12.9 Å². The molecule has 0 aliphatic rings. The number of nitrogens with one attached hydrogen (secondary N) is 1. The Morgan fingerprint density at radius 2 is 2.12 bits per heavy atom. The van der Waals surface area contributed by atoms with Crippen molar-refractivity contribution in [3.63, 3.8) is 0 Å². The predicted octanol–water partition coefficient (Wildman–Crippen LogP) is 1.68. The fourth-order valence-corrected chi connectivity index (χ4v) is 2.02. The summed E-state index contributed by atoms with van der Waals surface area (Å²) in [5, 5.41) is 11.3. The lowest BCUT2D eigenvalue weighted by Crippen LogP contribution is -2.18. The molecule has 0 unspecified atom stereocenters. The number of nitrogens with zero attached hydrogens (tertiary/aromatic N) is 5. The second kappa shape index (κ2) is 6.41. The Kier molecular flexibility index (Phi) is 4.15. The summed E-state index contributed by atoms with van der Waals surface area (Å²) in [6.45, 7) is 1.64. The molecule has 0 saturated heterocycles. The van der Waals surface area contributed by atoms with Gasteiger partial charge in [0.05, 0.1) is 17.5 Å². The fraction of sp³-hybridized carbons (Fsp3) is 0.133. The van der Waals surface area contributed by atoms with Crippen molar-refractivity contribution in [2.45, 2.75) is 6.92 Å². The molecular weight excluding hydrogens is 315 g/mol. The highest BCUT2D eigenvalue weighted by Gasteiger charge is 2.16. The van der Waals surface area contributed by atoms with Crippen molar-refractivity contribution >= 4 is 12.1 Å². The van der Waals surface area contributed by atoms with Gasteiger partial charge in [-0.05, 0) is 6.92 Å². The highest BCUT2D eigenvalue weighted by molar-refractivity contribution is 5.91. The minimum absolute atomic E-state index is 0.188. The maximum absolute atomic E-state index is 13.7. The Labute approximate surface area is 136 Å². The summed E-state index contributed by atoms with van der Waals surface area (Å²) in [6.07, 6.45) is 1.17. The number of hydrogen-bond acceptors (Lipinski definition) is 6. The van der Waals surface area contributed by atoms with Gasteiger partial charge >= 0.3 is 11.8 Å². The van der Waals surface area contributed by atoms with Crippen molar-refractivity contribution in [1.29, 1.82) is 0 Å². The van der Waals surface area contributed by atoms with E-state index in [4.69, 9.17) is 4.52 Å². The van der Waals surface area contributed by atoms with Crippen LogP contribution in [0.25, 0.3) is 11.4 Å². The van der Waals surface area contributed by atoms with Crippen LogP contribution < -0.4 is 5.43 Å². The number of hydrogen-bond donors (Lipinski definition) is 1. The molecule has 1 aromatic carbocycles. The first kappa shape index (κ1) is 15.5. The molecule has 0 bridgehead atoms.